The van der Waals surface area contributed by atoms with Crippen LogP contribution >= 0.6 is 0 Å². The van der Waals surface area contributed by atoms with E-state index in [0.717, 1.165) is 0 Å². The summed E-state index contributed by atoms with van der Waals surface area (Å²) in [5, 5.41) is 17.2. The van der Waals surface area contributed by atoms with E-state index in [1.54, 1.807) is 6.07 Å². The second-order valence-electron chi connectivity index (χ2n) is 2.50. The predicted octanol–water partition coefficient (Wildman–Crippen LogP) is -3.18. The van der Waals surface area contributed by atoms with E-state index in [2.05, 4.69) is 4.18 Å². The topological polar surface area (TPSA) is 83.8 Å². The summed E-state index contributed by atoms with van der Waals surface area (Å²) in [5.74, 6) is 0. The van der Waals surface area contributed by atoms with E-state index in [0.29, 0.717) is 0 Å². The maximum atomic E-state index is 11.3. The summed E-state index contributed by atoms with van der Waals surface area (Å²) in [6.45, 7) is -0.772. The molecule has 0 aromatic heterocycles. The van der Waals surface area contributed by atoms with Gasteiger partial charge in [0.25, 0.3) is 10.1 Å². The second-order valence-corrected chi connectivity index (χ2v) is 4.07. The van der Waals surface area contributed by atoms with Crippen molar-refractivity contribution in [3.63, 3.8) is 0 Å². The second kappa shape index (κ2) is 6.59. The molecule has 0 bridgehead atoms. The van der Waals surface area contributed by atoms with Gasteiger partial charge >= 0.3 is 29.6 Å². The first kappa shape index (κ1) is 15.0. The molecule has 5 nitrogen and oxygen atoms in total. The van der Waals surface area contributed by atoms with Gasteiger partial charge in [-0.3, -0.25) is 0 Å². The Morgan fingerprint density at radius 2 is 1.87 bits per heavy atom. The van der Waals surface area contributed by atoms with Crippen LogP contribution in [-0.2, 0) is 14.3 Å². The summed E-state index contributed by atoms with van der Waals surface area (Å²) in [7, 11) is -3.98. The molecule has 2 N–H and O–H groups in total. The van der Waals surface area contributed by atoms with Crippen LogP contribution in [0.2, 0.25) is 0 Å². The monoisotopic (exact) mass is 242 g/mol. The van der Waals surface area contributed by atoms with E-state index >= 15 is 0 Å². The van der Waals surface area contributed by atoms with Crippen LogP contribution in [0.5, 0.6) is 0 Å². The largest absolute Gasteiger partial charge is 1.00 e. The third kappa shape index (κ3) is 4.60. The van der Waals surface area contributed by atoms with Crippen LogP contribution in [0.3, 0.4) is 0 Å². The van der Waals surface area contributed by atoms with Gasteiger partial charge in [0.05, 0.1) is 11.5 Å². The molecule has 1 aromatic carbocycles. The predicted molar refractivity (Wildman–Crippen MR) is 48.9 cm³/mol. The molecule has 0 saturated heterocycles. The van der Waals surface area contributed by atoms with Crippen molar-refractivity contribution < 1.29 is 53.8 Å². The third-order valence-corrected chi connectivity index (χ3v) is 2.75. The first-order valence-electron chi connectivity index (χ1n) is 3.83. The van der Waals surface area contributed by atoms with Crippen molar-refractivity contribution in [2.75, 3.05) is 6.61 Å². The molecule has 1 unspecified atom stereocenters. The van der Waals surface area contributed by atoms with Crippen molar-refractivity contribution in [2.24, 2.45) is 0 Å². The van der Waals surface area contributed by atoms with Gasteiger partial charge in [-0.15, -0.1) is 0 Å². The molecule has 7 heteroatoms. The number of hydrogen-bond donors (Lipinski definition) is 2. The molecule has 0 saturated carbocycles. The maximum absolute atomic E-state index is 11.3. The van der Waals surface area contributed by atoms with Crippen LogP contribution in [0.25, 0.3) is 0 Å². The molecule has 1 rings (SSSR count). The first-order valence-corrected chi connectivity index (χ1v) is 5.24. The van der Waals surface area contributed by atoms with Crippen LogP contribution in [0, 0.1) is 0 Å². The van der Waals surface area contributed by atoms with Crippen LogP contribution < -0.4 is 29.6 Å². The molecule has 0 aliphatic heterocycles. The van der Waals surface area contributed by atoms with E-state index in [1.165, 1.54) is 24.3 Å². The van der Waals surface area contributed by atoms with Crippen molar-refractivity contribution in [2.45, 2.75) is 11.2 Å². The number of aliphatic hydroxyl groups excluding tert-OH is 2. The Bertz CT molecular complexity index is 383. The average molecular weight is 242 g/mol. The van der Waals surface area contributed by atoms with E-state index in [4.69, 9.17) is 10.2 Å². The Balaban J connectivity index is 0. The summed E-state index contributed by atoms with van der Waals surface area (Å²) >= 11 is 0. The van der Waals surface area contributed by atoms with Crippen LogP contribution in [0.15, 0.2) is 35.2 Å². The van der Waals surface area contributed by atoms with Crippen molar-refractivity contribution in [3.05, 3.63) is 30.3 Å². The van der Waals surface area contributed by atoms with Crippen molar-refractivity contribution in [1.29, 1.82) is 0 Å². The van der Waals surface area contributed by atoms with Gasteiger partial charge in [0, 0.05) is 0 Å². The van der Waals surface area contributed by atoms with Crippen molar-refractivity contribution >= 4 is 10.1 Å². The summed E-state index contributed by atoms with van der Waals surface area (Å²) in [5.41, 5.74) is 0. The van der Waals surface area contributed by atoms with Gasteiger partial charge in [-0.1, -0.05) is 18.2 Å². The van der Waals surface area contributed by atoms with Gasteiger partial charge in [-0.05, 0) is 12.1 Å². The Labute approximate surface area is 112 Å². The van der Waals surface area contributed by atoms with Gasteiger partial charge in [0.15, 0.2) is 6.29 Å². The molecule has 0 heterocycles. The number of rotatable bonds is 4. The van der Waals surface area contributed by atoms with Crippen LogP contribution in [0.4, 0.5) is 0 Å². The molecule has 0 aliphatic carbocycles. The Kier molecular flexibility index (Phi) is 6.62. The van der Waals surface area contributed by atoms with Crippen LogP contribution in [0.1, 0.15) is 1.43 Å². The zero-order valence-corrected chi connectivity index (χ0v) is 11.0. The molecule has 1 aromatic rings. The molecule has 0 amide bonds. The molecule has 0 fully saturated rings. The van der Waals surface area contributed by atoms with Gasteiger partial charge in [-0.25, -0.2) is 4.18 Å². The fourth-order valence-electron chi connectivity index (χ4n) is 0.819. The van der Waals surface area contributed by atoms with Crippen molar-refractivity contribution in [3.8, 4) is 0 Å². The first-order chi connectivity index (χ1) is 6.56. The maximum Gasteiger partial charge on any atom is 1.00 e. The van der Waals surface area contributed by atoms with Crippen LogP contribution in [-0.4, -0.2) is 31.5 Å². The molecule has 0 spiro atoms. The molecular weight excluding hydrogens is 231 g/mol. The van der Waals surface area contributed by atoms with Gasteiger partial charge in [0.2, 0.25) is 0 Å². The molecule has 1 atom stereocenters. The molecular formula is C8H11NaO5S. The molecule has 0 aliphatic rings. The minimum absolute atomic E-state index is 0. The average Bonchev–Trinajstić information content (AvgIpc) is 2.18. The van der Waals surface area contributed by atoms with E-state index in [1.807, 2.05) is 0 Å². The minimum atomic E-state index is -3.98. The van der Waals surface area contributed by atoms with E-state index in [-0.39, 0.29) is 35.9 Å². The zero-order chi connectivity index (χ0) is 10.6. The summed E-state index contributed by atoms with van der Waals surface area (Å²) in [6, 6.07) is 7.38. The van der Waals surface area contributed by atoms with Gasteiger partial charge < -0.3 is 11.6 Å². The summed E-state index contributed by atoms with van der Waals surface area (Å²) < 4.78 is 26.9. The van der Waals surface area contributed by atoms with Gasteiger partial charge in [-0.2, -0.15) is 8.42 Å². The molecule has 15 heavy (non-hydrogen) atoms. The van der Waals surface area contributed by atoms with E-state index in [9.17, 15) is 8.42 Å². The smallest absolute Gasteiger partial charge is 1.00 e. The van der Waals surface area contributed by atoms with Gasteiger partial charge in [0.1, 0.15) is 0 Å². The van der Waals surface area contributed by atoms with E-state index < -0.39 is 23.0 Å². The summed E-state index contributed by atoms with van der Waals surface area (Å²) in [4.78, 5) is -0.0625. The molecule has 0 radical (unpaired) electrons. The fourth-order valence-corrected chi connectivity index (χ4v) is 1.77. The SMILES string of the molecule is O=S(=O)(OC(O)CO)c1ccccc1.[H-].[Na+]. The fraction of sp³-hybridized carbons (Fsp3) is 0.250. The summed E-state index contributed by atoms with van der Waals surface area (Å²) in [6.07, 6.45) is -1.72. The quantitative estimate of drug-likeness (QED) is 0.330. The third-order valence-electron chi connectivity index (χ3n) is 1.43. The Hall–Kier alpha value is 0.0500. The van der Waals surface area contributed by atoms with Crippen molar-refractivity contribution in [1.82, 2.24) is 0 Å². The zero-order valence-electron chi connectivity index (χ0n) is 9.20. The number of aliphatic hydroxyl groups is 2. The Morgan fingerprint density at radius 3 is 2.33 bits per heavy atom. The standard InChI is InChI=1S/C8H10O5S.Na.H/c9-6-8(10)13-14(11,12)7-4-2-1-3-5-7;;/h1-5,8-10H,6H2;;/q;+1;-1. The number of benzene rings is 1. The molecule has 80 valence electrons. The Morgan fingerprint density at radius 1 is 1.33 bits per heavy atom. The number of hydrogen-bond acceptors (Lipinski definition) is 5. The normalized spacial score (nSPS) is 12.9. The minimum Gasteiger partial charge on any atom is -1.00 e.